The van der Waals surface area contributed by atoms with Crippen molar-refractivity contribution in [1.82, 2.24) is 9.97 Å². The van der Waals surface area contributed by atoms with Gasteiger partial charge in [-0.05, 0) is 25.5 Å². The first-order valence-corrected chi connectivity index (χ1v) is 8.57. The number of carbonyl (C=O) groups excluding carboxylic acids is 1. The number of rotatable bonds is 3. The van der Waals surface area contributed by atoms with Crippen LogP contribution in [-0.2, 0) is 4.79 Å². The molecule has 1 aromatic heterocycles. The zero-order valence-electron chi connectivity index (χ0n) is 14.7. The Morgan fingerprint density at radius 2 is 1.89 bits per heavy atom. The summed E-state index contributed by atoms with van der Waals surface area (Å²) in [6, 6.07) is 2.52. The summed E-state index contributed by atoms with van der Waals surface area (Å²) in [6.07, 6.45) is -0.376. The Labute approximate surface area is 163 Å². The van der Waals surface area contributed by atoms with Crippen LogP contribution in [0.15, 0.2) is 40.8 Å². The van der Waals surface area contributed by atoms with E-state index in [0.717, 1.165) is 11.3 Å². The molecule has 0 bridgehead atoms. The van der Waals surface area contributed by atoms with Crippen LogP contribution in [-0.4, -0.2) is 27.9 Å². The number of aromatic nitrogens is 2. The molecule has 0 radical (unpaired) electrons. The maximum atomic E-state index is 13.2. The van der Waals surface area contributed by atoms with Crippen molar-refractivity contribution in [1.29, 1.82) is 0 Å². The summed E-state index contributed by atoms with van der Waals surface area (Å²) >= 11 is 6.14. The summed E-state index contributed by atoms with van der Waals surface area (Å²) in [5, 5.41) is 2.77. The average molecular weight is 407 g/mol. The van der Waals surface area contributed by atoms with E-state index in [9.17, 15) is 13.6 Å². The zero-order valence-corrected chi connectivity index (χ0v) is 15.5. The molecule has 10 heteroatoms. The van der Waals surface area contributed by atoms with Crippen molar-refractivity contribution in [3.8, 4) is 22.8 Å². The van der Waals surface area contributed by atoms with Crippen molar-refractivity contribution < 1.29 is 23.0 Å². The Balaban J connectivity index is 1.55. The van der Waals surface area contributed by atoms with Gasteiger partial charge in [0.1, 0.15) is 5.70 Å². The Morgan fingerprint density at radius 3 is 2.50 bits per heavy atom. The lowest BCUT2D eigenvalue weighted by Crippen LogP contribution is -2.25. The van der Waals surface area contributed by atoms with E-state index in [0.29, 0.717) is 23.4 Å². The highest BCUT2D eigenvalue weighted by atomic mass is 35.5. The molecule has 0 atom stereocenters. The molecule has 7 nitrogen and oxygen atoms in total. The van der Waals surface area contributed by atoms with E-state index < -0.39 is 6.29 Å². The van der Waals surface area contributed by atoms with Crippen molar-refractivity contribution in [2.45, 2.75) is 26.6 Å². The monoisotopic (exact) mass is 406 g/mol. The van der Waals surface area contributed by atoms with E-state index in [1.165, 1.54) is 24.5 Å². The van der Waals surface area contributed by atoms with Gasteiger partial charge in [-0.1, -0.05) is 11.6 Å². The molecule has 1 aromatic carbocycles. The average Bonchev–Trinajstić information content (AvgIpc) is 3.11. The lowest BCUT2D eigenvalue weighted by Gasteiger charge is -2.07. The van der Waals surface area contributed by atoms with Gasteiger partial charge in [0.25, 0.3) is 5.91 Å². The number of allylic oxidation sites excluding steroid dienone is 1. The third kappa shape index (κ3) is 3.40. The van der Waals surface area contributed by atoms with E-state index in [-0.39, 0.29) is 28.2 Å². The molecule has 1 N–H and O–H groups in total. The van der Waals surface area contributed by atoms with Gasteiger partial charge in [-0.3, -0.25) is 14.8 Å². The molecule has 0 unspecified atom stereocenters. The Hall–Kier alpha value is -3.07. The minimum Gasteiger partial charge on any atom is -0.395 e. The fraction of sp³-hybridized carbons (Fsp3) is 0.222. The predicted octanol–water partition coefficient (Wildman–Crippen LogP) is 4.20. The number of anilines is 1. The van der Waals surface area contributed by atoms with Crippen LogP contribution in [0.4, 0.5) is 14.6 Å². The van der Waals surface area contributed by atoms with Crippen LogP contribution < -0.4 is 14.8 Å². The van der Waals surface area contributed by atoms with E-state index in [4.69, 9.17) is 11.6 Å². The van der Waals surface area contributed by atoms with Gasteiger partial charge < -0.3 is 14.8 Å². The predicted molar refractivity (Wildman–Crippen MR) is 97.7 cm³/mol. The lowest BCUT2D eigenvalue weighted by molar-refractivity contribution is -0.286. The number of hydrogen-bond donors (Lipinski definition) is 1. The quantitative estimate of drug-likeness (QED) is 0.825. The molecular formula is C18H13ClF2N4O3. The minimum absolute atomic E-state index is 0.141. The van der Waals surface area contributed by atoms with Crippen LogP contribution in [0.2, 0.25) is 5.02 Å². The molecule has 0 saturated carbocycles. The molecule has 0 fully saturated rings. The van der Waals surface area contributed by atoms with E-state index in [2.05, 4.69) is 29.8 Å². The highest BCUT2D eigenvalue weighted by Gasteiger charge is 2.43. The molecule has 2 aliphatic heterocycles. The molecule has 0 aliphatic carbocycles. The number of fused-ring (bicyclic) bond motifs is 1. The maximum Gasteiger partial charge on any atom is 0.586 e. The molecule has 2 aliphatic rings. The number of carbonyl (C=O) groups is 1. The molecule has 0 spiro atoms. The van der Waals surface area contributed by atoms with Crippen LogP contribution in [0, 0.1) is 0 Å². The van der Waals surface area contributed by atoms with Crippen LogP contribution >= 0.6 is 11.6 Å². The van der Waals surface area contributed by atoms with Gasteiger partial charge in [0.05, 0.1) is 23.1 Å². The number of alkyl halides is 2. The highest BCUT2D eigenvalue weighted by Crippen LogP contribution is 2.45. The summed E-state index contributed by atoms with van der Waals surface area (Å²) < 4.78 is 35.2. The minimum atomic E-state index is -3.74. The largest absolute Gasteiger partial charge is 0.586 e. The second kappa shape index (κ2) is 6.52. The summed E-state index contributed by atoms with van der Waals surface area (Å²) in [4.78, 5) is 24.8. The molecule has 144 valence electrons. The first-order valence-electron chi connectivity index (χ1n) is 8.19. The van der Waals surface area contributed by atoms with E-state index in [1.54, 1.807) is 0 Å². The van der Waals surface area contributed by atoms with Gasteiger partial charge in [0, 0.05) is 23.8 Å². The van der Waals surface area contributed by atoms with Crippen molar-refractivity contribution in [3.05, 3.63) is 40.8 Å². The molecule has 28 heavy (non-hydrogen) atoms. The van der Waals surface area contributed by atoms with Gasteiger partial charge >= 0.3 is 6.29 Å². The van der Waals surface area contributed by atoms with Crippen molar-refractivity contribution in [3.63, 3.8) is 0 Å². The SMILES string of the molecule is CC1=NC(C(=O)Nc2cnc(-c3cc4c(cc3Cl)OC(F)(F)O4)cn2)=C(C)C1. The Morgan fingerprint density at radius 1 is 1.18 bits per heavy atom. The third-order valence-electron chi connectivity index (χ3n) is 4.10. The molecule has 4 rings (SSSR count). The second-order valence-electron chi connectivity index (χ2n) is 6.34. The number of hydrogen-bond acceptors (Lipinski definition) is 6. The zero-order chi connectivity index (χ0) is 20.1. The number of ether oxygens (including phenoxy) is 2. The van der Waals surface area contributed by atoms with Crippen LogP contribution in [0.1, 0.15) is 20.3 Å². The fourth-order valence-corrected chi connectivity index (χ4v) is 3.16. The lowest BCUT2D eigenvalue weighted by atomic mass is 10.1. The Bertz CT molecular complexity index is 1050. The summed E-state index contributed by atoms with van der Waals surface area (Å²) in [5.41, 5.74) is 2.76. The number of nitrogens with one attached hydrogen (secondary N) is 1. The second-order valence-corrected chi connectivity index (χ2v) is 6.75. The smallest absolute Gasteiger partial charge is 0.395 e. The molecule has 0 saturated heterocycles. The highest BCUT2D eigenvalue weighted by molar-refractivity contribution is 6.33. The Kier molecular flexibility index (Phi) is 4.26. The number of benzene rings is 1. The summed E-state index contributed by atoms with van der Waals surface area (Å²) in [6.45, 7) is 3.69. The summed E-state index contributed by atoms with van der Waals surface area (Å²) in [5.74, 6) is -0.468. The number of halogens is 3. The van der Waals surface area contributed by atoms with Gasteiger partial charge in [-0.2, -0.15) is 0 Å². The topological polar surface area (TPSA) is 85.7 Å². The van der Waals surface area contributed by atoms with Crippen molar-refractivity contribution in [2.24, 2.45) is 4.99 Å². The summed E-state index contributed by atoms with van der Waals surface area (Å²) in [7, 11) is 0. The standard InChI is InChI=1S/C18H13ClF2N4O3/c1-8-3-9(2)24-16(8)17(26)25-15-7-22-12(6-23-15)10-4-13-14(5-11(10)19)28-18(20,21)27-13/h4-7H,3H2,1-2H3,(H,23,25,26). The number of amides is 1. The third-order valence-corrected chi connectivity index (χ3v) is 4.42. The molecule has 2 aromatic rings. The fourth-order valence-electron chi connectivity index (χ4n) is 2.91. The van der Waals surface area contributed by atoms with Crippen LogP contribution in [0.5, 0.6) is 11.5 Å². The van der Waals surface area contributed by atoms with Crippen LogP contribution in [0.3, 0.4) is 0 Å². The van der Waals surface area contributed by atoms with Crippen LogP contribution in [0.25, 0.3) is 11.3 Å². The first kappa shape index (κ1) is 18.3. The molecular weight excluding hydrogens is 394 g/mol. The molecule has 3 heterocycles. The van der Waals surface area contributed by atoms with Gasteiger partial charge in [-0.25, -0.2) is 4.98 Å². The van der Waals surface area contributed by atoms with Crippen molar-refractivity contribution in [2.75, 3.05) is 5.32 Å². The van der Waals surface area contributed by atoms with E-state index in [1.807, 2.05) is 13.8 Å². The van der Waals surface area contributed by atoms with Gasteiger partial charge in [0.2, 0.25) is 0 Å². The number of aliphatic imine (C=N–C) groups is 1. The molecule has 1 amide bonds. The maximum absolute atomic E-state index is 13.2. The normalized spacial score (nSPS) is 17.0. The van der Waals surface area contributed by atoms with Gasteiger partial charge in [-0.15, -0.1) is 8.78 Å². The van der Waals surface area contributed by atoms with Crippen molar-refractivity contribution >= 4 is 29.0 Å². The number of nitrogens with zero attached hydrogens (tertiary/aromatic N) is 3. The first-order chi connectivity index (χ1) is 13.2. The van der Waals surface area contributed by atoms with Gasteiger partial charge in [0.15, 0.2) is 17.3 Å². The van der Waals surface area contributed by atoms with E-state index >= 15 is 0 Å².